The Morgan fingerprint density at radius 1 is 0.576 bits per heavy atom. The van der Waals surface area contributed by atoms with Crippen LogP contribution in [0.1, 0.15) is 16.8 Å². The third kappa shape index (κ3) is 3.58. The minimum absolute atomic E-state index is 1.20. The van der Waals surface area contributed by atoms with Crippen molar-refractivity contribution < 1.29 is 4.57 Å². The Kier molecular flexibility index (Phi) is 5.43. The van der Waals surface area contributed by atoms with E-state index in [1.54, 1.807) is 0 Å². The molecule has 0 atom stereocenters. The molecule has 0 aliphatic heterocycles. The van der Waals surface area contributed by atoms with Crippen LogP contribution in [-0.4, -0.2) is 4.57 Å². The minimum Gasteiger partial charge on any atom is -0.307 e. The van der Waals surface area contributed by atoms with Gasteiger partial charge in [0.05, 0.1) is 5.69 Å². The summed E-state index contributed by atoms with van der Waals surface area (Å²) in [5, 5.41) is 0. The number of benzene rings is 3. The lowest BCUT2D eigenvalue weighted by atomic mass is 9.95. The molecule has 0 aliphatic rings. The normalized spacial score (nSPS) is 11.0. The SMILES string of the molecule is Cc1c(C)c(-c2cccc[n+]2C)n(-c2c(-c3ccccc3)cccc2-c2ccccc2)c1C. The first kappa shape index (κ1) is 21.0. The number of nitrogens with zero attached hydrogens (tertiary/aromatic N) is 2. The Hall–Kier alpha value is -3.91. The van der Waals surface area contributed by atoms with Gasteiger partial charge in [-0.15, -0.1) is 0 Å². The second kappa shape index (κ2) is 8.55. The molecule has 2 heteroatoms. The number of hydrogen-bond acceptors (Lipinski definition) is 0. The molecule has 5 aromatic rings. The van der Waals surface area contributed by atoms with E-state index in [0.29, 0.717) is 0 Å². The van der Waals surface area contributed by atoms with Gasteiger partial charge in [0.25, 0.3) is 0 Å². The first-order chi connectivity index (χ1) is 16.1. The van der Waals surface area contributed by atoms with Gasteiger partial charge in [-0.3, -0.25) is 0 Å². The summed E-state index contributed by atoms with van der Waals surface area (Å²) < 4.78 is 4.69. The quantitative estimate of drug-likeness (QED) is 0.267. The van der Waals surface area contributed by atoms with Gasteiger partial charge in [-0.25, -0.2) is 0 Å². The summed E-state index contributed by atoms with van der Waals surface area (Å²) in [6.07, 6.45) is 2.12. The summed E-state index contributed by atoms with van der Waals surface area (Å²) in [7, 11) is 2.12. The molecule has 0 unspecified atom stereocenters. The van der Waals surface area contributed by atoms with Gasteiger partial charge in [-0.2, -0.15) is 4.57 Å². The van der Waals surface area contributed by atoms with Crippen molar-refractivity contribution in [1.82, 2.24) is 4.57 Å². The highest BCUT2D eigenvalue weighted by Gasteiger charge is 2.26. The molecule has 0 saturated heterocycles. The molecule has 2 heterocycles. The van der Waals surface area contributed by atoms with Crippen LogP contribution in [0, 0.1) is 20.8 Å². The van der Waals surface area contributed by atoms with Crippen molar-refractivity contribution in [3.8, 4) is 39.3 Å². The van der Waals surface area contributed by atoms with E-state index in [9.17, 15) is 0 Å². The molecule has 0 fully saturated rings. The summed E-state index contributed by atoms with van der Waals surface area (Å²) in [4.78, 5) is 0. The first-order valence-corrected chi connectivity index (χ1v) is 11.5. The Labute approximate surface area is 196 Å². The molecule has 0 saturated carbocycles. The van der Waals surface area contributed by atoms with E-state index < -0.39 is 0 Å². The fourth-order valence-corrected chi connectivity index (χ4v) is 4.79. The zero-order valence-electron chi connectivity index (χ0n) is 19.7. The molecule has 0 amide bonds. The van der Waals surface area contributed by atoms with Crippen LogP contribution in [0.25, 0.3) is 39.3 Å². The van der Waals surface area contributed by atoms with Gasteiger partial charge in [-0.1, -0.05) is 78.9 Å². The number of rotatable bonds is 4. The van der Waals surface area contributed by atoms with E-state index in [0.717, 1.165) is 0 Å². The highest BCUT2D eigenvalue weighted by molar-refractivity contribution is 5.87. The van der Waals surface area contributed by atoms with Gasteiger partial charge < -0.3 is 4.57 Å². The zero-order valence-corrected chi connectivity index (χ0v) is 19.7. The van der Waals surface area contributed by atoms with Gasteiger partial charge in [0.1, 0.15) is 12.7 Å². The largest absolute Gasteiger partial charge is 0.307 e. The summed E-state index contributed by atoms with van der Waals surface area (Å²) in [5.41, 5.74) is 12.5. The fraction of sp³-hybridized carbons (Fsp3) is 0.129. The number of aromatic nitrogens is 2. The van der Waals surface area contributed by atoms with Crippen molar-refractivity contribution in [2.24, 2.45) is 7.05 Å². The topological polar surface area (TPSA) is 8.81 Å². The predicted octanol–water partition coefficient (Wildman–Crippen LogP) is 7.23. The van der Waals surface area contributed by atoms with E-state index in [2.05, 4.69) is 140 Å². The second-order valence-electron chi connectivity index (χ2n) is 8.65. The molecular weight excluding hydrogens is 400 g/mol. The maximum atomic E-state index is 2.48. The standard InChI is InChI=1S/C31H29N2/c1-22-23(2)30(29-20-11-12-21-32(29)4)33(24(22)3)31-27(25-14-7-5-8-15-25)18-13-19-28(31)26-16-9-6-10-17-26/h5-21H,1-4H3/q+1. The molecule has 0 bridgehead atoms. The van der Waals surface area contributed by atoms with Gasteiger partial charge in [-0.05, 0) is 49.1 Å². The molecule has 33 heavy (non-hydrogen) atoms. The van der Waals surface area contributed by atoms with Crippen LogP contribution in [0.4, 0.5) is 0 Å². The van der Waals surface area contributed by atoms with Gasteiger partial charge >= 0.3 is 0 Å². The first-order valence-electron chi connectivity index (χ1n) is 11.5. The number of aryl methyl sites for hydroxylation is 1. The van der Waals surface area contributed by atoms with Crippen LogP contribution in [0.3, 0.4) is 0 Å². The summed E-state index contributed by atoms with van der Waals surface area (Å²) in [6.45, 7) is 6.72. The predicted molar refractivity (Wildman–Crippen MR) is 137 cm³/mol. The average Bonchev–Trinajstić information content (AvgIpc) is 3.08. The van der Waals surface area contributed by atoms with Crippen LogP contribution in [0.2, 0.25) is 0 Å². The van der Waals surface area contributed by atoms with E-state index in [1.165, 1.54) is 56.1 Å². The number of hydrogen-bond donors (Lipinski definition) is 0. The van der Waals surface area contributed by atoms with Gasteiger partial charge in [0.15, 0.2) is 6.20 Å². The lowest BCUT2D eigenvalue weighted by Gasteiger charge is -2.20. The highest BCUT2D eigenvalue weighted by Crippen LogP contribution is 2.41. The van der Waals surface area contributed by atoms with Gasteiger partial charge in [0, 0.05) is 29.0 Å². The Morgan fingerprint density at radius 3 is 1.67 bits per heavy atom. The molecule has 2 nitrogen and oxygen atoms in total. The van der Waals surface area contributed by atoms with Crippen LogP contribution in [0.5, 0.6) is 0 Å². The molecule has 0 spiro atoms. The molecule has 5 rings (SSSR count). The molecule has 2 aromatic heterocycles. The maximum Gasteiger partial charge on any atom is 0.229 e. The summed E-state index contributed by atoms with van der Waals surface area (Å²) in [5.74, 6) is 0. The molecule has 0 aliphatic carbocycles. The molecule has 162 valence electrons. The Morgan fingerprint density at radius 2 is 1.12 bits per heavy atom. The van der Waals surface area contributed by atoms with E-state index in [-0.39, 0.29) is 0 Å². The third-order valence-electron chi connectivity index (χ3n) is 6.75. The van der Waals surface area contributed by atoms with Crippen molar-refractivity contribution in [2.45, 2.75) is 20.8 Å². The van der Waals surface area contributed by atoms with Crippen LogP contribution in [-0.2, 0) is 7.05 Å². The van der Waals surface area contributed by atoms with Crippen molar-refractivity contribution in [3.05, 3.63) is 120 Å². The van der Waals surface area contributed by atoms with E-state index >= 15 is 0 Å². The number of pyridine rings is 1. The fourth-order valence-electron chi connectivity index (χ4n) is 4.79. The van der Waals surface area contributed by atoms with Crippen LogP contribution >= 0.6 is 0 Å². The molecule has 0 N–H and O–H groups in total. The van der Waals surface area contributed by atoms with E-state index in [1.807, 2.05) is 0 Å². The summed E-state index contributed by atoms with van der Waals surface area (Å²) in [6, 6.07) is 34.5. The average molecular weight is 430 g/mol. The lowest BCUT2D eigenvalue weighted by molar-refractivity contribution is -0.660. The maximum absolute atomic E-state index is 2.48. The van der Waals surface area contributed by atoms with Crippen molar-refractivity contribution in [2.75, 3.05) is 0 Å². The molecule has 0 radical (unpaired) electrons. The molecular formula is C31H29N2+. The molecule has 3 aromatic carbocycles. The zero-order chi connectivity index (χ0) is 22.9. The monoisotopic (exact) mass is 429 g/mol. The van der Waals surface area contributed by atoms with Crippen molar-refractivity contribution in [1.29, 1.82) is 0 Å². The van der Waals surface area contributed by atoms with Crippen LogP contribution < -0.4 is 4.57 Å². The Balaban J connectivity index is 1.93. The summed E-state index contributed by atoms with van der Waals surface area (Å²) >= 11 is 0. The van der Waals surface area contributed by atoms with Crippen LogP contribution in [0.15, 0.2) is 103 Å². The smallest absolute Gasteiger partial charge is 0.229 e. The number of para-hydroxylation sites is 1. The second-order valence-corrected chi connectivity index (χ2v) is 8.65. The Bertz CT molecular complexity index is 1370. The third-order valence-corrected chi connectivity index (χ3v) is 6.75. The highest BCUT2D eigenvalue weighted by atomic mass is 15.0. The van der Waals surface area contributed by atoms with Crippen molar-refractivity contribution >= 4 is 0 Å². The lowest BCUT2D eigenvalue weighted by Crippen LogP contribution is -2.31. The van der Waals surface area contributed by atoms with E-state index in [4.69, 9.17) is 0 Å². The van der Waals surface area contributed by atoms with Gasteiger partial charge in [0.2, 0.25) is 5.69 Å². The van der Waals surface area contributed by atoms with Crippen molar-refractivity contribution in [3.63, 3.8) is 0 Å². The minimum atomic E-state index is 1.20.